The van der Waals surface area contributed by atoms with E-state index in [-0.39, 0.29) is 11.8 Å². The van der Waals surface area contributed by atoms with Gasteiger partial charge in [-0.2, -0.15) is 0 Å². The maximum absolute atomic E-state index is 10.7. The van der Waals surface area contributed by atoms with Gasteiger partial charge in [0.1, 0.15) is 5.52 Å². The number of benzene rings is 1. The molecular weight excluding hydrogens is 218 g/mol. The summed E-state index contributed by atoms with van der Waals surface area (Å²) in [4.78, 5) is 15.1. The molecule has 0 aliphatic carbocycles. The predicted molar refractivity (Wildman–Crippen MR) is 63.7 cm³/mol. The molecule has 0 saturated heterocycles. The maximum atomic E-state index is 10.7. The number of hydrogen-bond donors (Lipinski definition) is 1. The SMILES string of the molecule is CC(C)(CC(=O)O)Cc1nc2ccccc2o1. The minimum atomic E-state index is -0.800. The second kappa shape index (κ2) is 4.20. The van der Waals surface area contributed by atoms with Crippen LogP contribution in [-0.4, -0.2) is 16.1 Å². The smallest absolute Gasteiger partial charge is 0.303 e. The van der Waals surface area contributed by atoms with Crippen molar-refractivity contribution in [1.29, 1.82) is 0 Å². The number of aliphatic carboxylic acids is 1. The number of fused-ring (bicyclic) bond motifs is 1. The number of carboxylic acids is 1. The van der Waals surface area contributed by atoms with E-state index in [4.69, 9.17) is 9.52 Å². The average Bonchev–Trinajstić information content (AvgIpc) is 2.55. The van der Waals surface area contributed by atoms with Crippen molar-refractivity contribution >= 4 is 17.1 Å². The van der Waals surface area contributed by atoms with E-state index in [2.05, 4.69) is 4.98 Å². The lowest BCUT2D eigenvalue weighted by molar-refractivity contribution is -0.139. The zero-order chi connectivity index (χ0) is 12.5. The number of hydrogen-bond acceptors (Lipinski definition) is 3. The molecule has 4 heteroatoms. The fourth-order valence-corrected chi connectivity index (χ4v) is 1.88. The summed E-state index contributed by atoms with van der Waals surface area (Å²) >= 11 is 0. The Morgan fingerprint density at radius 1 is 1.41 bits per heavy atom. The Labute approximate surface area is 99.3 Å². The highest BCUT2D eigenvalue weighted by Gasteiger charge is 2.24. The van der Waals surface area contributed by atoms with Gasteiger partial charge in [-0.25, -0.2) is 4.98 Å². The largest absolute Gasteiger partial charge is 0.481 e. The van der Waals surface area contributed by atoms with Gasteiger partial charge in [0, 0.05) is 6.42 Å². The Morgan fingerprint density at radius 2 is 2.12 bits per heavy atom. The number of rotatable bonds is 4. The van der Waals surface area contributed by atoms with Gasteiger partial charge in [0.15, 0.2) is 11.5 Å². The van der Waals surface area contributed by atoms with Crippen molar-refractivity contribution in [1.82, 2.24) is 4.98 Å². The van der Waals surface area contributed by atoms with Gasteiger partial charge < -0.3 is 9.52 Å². The third-order valence-corrected chi connectivity index (χ3v) is 2.60. The Morgan fingerprint density at radius 3 is 2.76 bits per heavy atom. The molecule has 0 amide bonds. The molecular formula is C13H15NO3. The van der Waals surface area contributed by atoms with Crippen molar-refractivity contribution in [2.45, 2.75) is 26.7 Å². The van der Waals surface area contributed by atoms with E-state index in [1.807, 2.05) is 38.1 Å². The minimum Gasteiger partial charge on any atom is -0.481 e. The lowest BCUT2D eigenvalue weighted by atomic mass is 9.86. The summed E-state index contributed by atoms with van der Waals surface area (Å²) in [5.74, 6) is -0.205. The number of para-hydroxylation sites is 2. The molecule has 90 valence electrons. The van der Waals surface area contributed by atoms with Gasteiger partial charge in [0.25, 0.3) is 0 Å². The highest BCUT2D eigenvalue weighted by atomic mass is 16.4. The van der Waals surface area contributed by atoms with Gasteiger partial charge in [-0.1, -0.05) is 26.0 Å². The fourth-order valence-electron chi connectivity index (χ4n) is 1.88. The van der Waals surface area contributed by atoms with Crippen LogP contribution < -0.4 is 0 Å². The quantitative estimate of drug-likeness (QED) is 0.881. The predicted octanol–water partition coefficient (Wildman–Crippen LogP) is 2.87. The standard InChI is InChI=1S/C13H15NO3/c1-13(2,8-12(15)16)7-11-14-9-5-3-4-6-10(9)17-11/h3-6H,7-8H2,1-2H3,(H,15,16). The van der Waals surface area contributed by atoms with Crippen molar-refractivity contribution in [3.63, 3.8) is 0 Å². The van der Waals surface area contributed by atoms with Crippen LogP contribution in [0.5, 0.6) is 0 Å². The van der Waals surface area contributed by atoms with Crippen LogP contribution >= 0.6 is 0 Å². The normalized spacial score (nSPS) is 11.9. The van der Waals surface area contributed by atoms with E-state index >= 15 is 0 Å². The lowest BCUT2D eigenvalue weighted by Gasteiger charge is -2.19. The molecule has 1 heterocycles. The molecule has 0 radical (unpaired) electrons. The van der Waals surface area contributed by atoms with Gasteiger partial charge in [0.2, 0.25) is 0 Å². The second-order valence-electron chi connectivity index (χ2n) is 4.99. The average molecular weight is 233 g/mol. The highest BCUT2D eigenvalue weighted by molar-refractivity contribution is 5.72. The van der Waals surface area contributed by atoms with Crippen LogP contribution in [0.3, 0.4) is 0 Å². The molecule has 1 aromatic heterocycles. The van der Waals surface area contributed by atoms with Crippen molar-refractivity contribution in [2.24, 2.45) is 5.41 Å². The van der Waals surface area contributed by atoms with Crippen LogP contribution in [0.15, 0.2) is 28.7 Å². The van der Waals surface area contributed by atoms with E-state index in [0.29, 0.717) is 12.3 Å². The van der Waals surface area contributed by atoms with Crippen LogP contribution in [0, 0.1) is 5.41 Å². The van der Waals surface area contributed by atoms with Gasteiger partial charge >= 0.3 is 5.97 Å². The van der Waals surface area contributed by atoms with Crippen molar-refractivity contribution in [3.8, 4) is 0 Å². The molecule has 2 aromatic rings. The highest BCUT2D eigenvalue weighted by Crippen LogP contribution is 2.27. The Bertz CT molecular complexity index is 509. The molecule has 0 atom stereocenters. The zero-order valence-corrected chi connectivity index (χ0v) is 9.93. The summed E-state index contributed by atoms with van der Waals surface area (Å²) in [5.41, 5.74) is 1.20. The van der Waals surface area contributed by atoms with E-state index in [1.54, 1.807) is 0 Å². The maximum Gasteiger partial charge on any atom is 0.303 e. The molecule has 0 aliphatic rings. The van der Waals surface area contributed by atoms with Gasteiger partial charge in [-0.3, -0.25) is 4.79 Å². The molecule has 1 aromatic carbocycles. The molecule has 0 spiro atoms. The molecule has 17 heavy (non-hydrogen) atoms. The second-order valence-corrected chi connectivity index (χ2v) is 4.99. The molecule has 0 fully saturated rings. The van der Waals surface area contributed by atoms with E-state index in [1.165, 1.54) is 0 Å². The molecule has 0 saturated carbocycles. The first-order valence-electron chi connectivity index (χ1n) is 5.52. The van der Waals surface area contributed by atoms with E-state index in [9.17, 15) is 4.79 Å². The molecule has 0 unspecified atom stereocenters. The topological polar surface area (TPSA) is 63.3 Å². The third-order valence-electron chi connectivity index (χ3n) is 2.60. The van der Waals surface area contributed by atoms with Crippen LogP contribution in [0.1, 0.15) is 26.2 Å². The Kier molecular flexibility index (Phi) is 2.88. The molecule has 0 bridgehead atoms. The first-order valence-corrected chi connectivity index (χ1v) is 5.52. The van der Waals surface area contributed by atoms with Gasteiger partial charge in [-0.05, 0) is 17.5 Å². The van der Waals surface area contributed by atoms with Crippen LogP contribution in [-0.2, 0) is 11.2 Å². The first-order chi connectivity index (χ1) is 7.96. The molecule has 2 rings (SSSR count). The molecule has 4 nitrogen and oxygen atoms in total. The summed E-state index contributed by atoms with van der Waals surface area (Å²) < 4.78 is 5.58. The first kappa shape index (κ1) is 11.6. The minimum absolute atomic E-state index is 0.103. The molecule has 0 aliphatic heterocycles. The van der Waals surface area contributed by atoms with Crippen LogP contribution in [0.4, 0.5) is 0 Å². The number of carboxylic acid groups (broad SMARTS) is 1. The summed E-state index contributed by atoms with van der Waals surface area (Å²) in [6.07, 6.45) is 0.625. The number of nitrogens with zero attached hydrogens (tertiary/aromatic N) is 1. The Hall–Kier alpha value is -1.84. The summed E-state index contributed by atoms with van der Waals surface area (Å²) in [7, 11) is 0. The van der Waals surface area contributed by atoms with E-state index < -0.39 is 5.97 Å². The van der Waals surface area contributed by atoms with Gasteiger partial charge in [-0.15, -0.1) is 0 Å². The number of carbonyl (C=O) groups is 1. The summed E-state index contributed by atoms with van der Waals surface area (Å²) in [6, 6.07) is 7.53. The van der Waals surface area contributed by atoms with Crippen molar-refractivity contribution in [3.05, 3.63) is 30.2 Å². The third kappa shape index (κ3) is 2.84. The fraction of sp³-hybridized carbons (Fsp3) is 0.385. The van der Waals surface area contributed by atoms with Crippen LogP contribution in [0.2, 0.25) is 0 Å². The summed E-state index contributed by atoms with van der Waals surface area (Å²) in [5, 5.41) is 8.82. The monoisotopic (exact) mass is 233 g/mol. The van der Waals surface area contributed by atoms with Crippen molar-refractivity contribution < 1.29 is 14.3 Å². The van der Waals surface area contributed by atoms with Gasteiger partial charge in [0.05, 0.1) is 6.42 Å². The number of oxazole rings is 1. The van der Waals surface area contributed by atoms with E-state index in [0.717, 1.165) is 11.1 Å². The van der Waals surface area contributed by atoms with Crippen molar-refractivity contribution in [2.75, 3.05) is 0 Å². The molecule has 1 N–H and O–H groups in total. The lowest BCUT2D eigenvalue weighted by Crippen LogP contribution is -2.19. The number of aromatic nitrogens is 1. The zero-order valence-electron chi connectivity index (χ0n) is 9.93. The Balaban J connectivity index is 2.20. The summed E-state index contributed by atoms with van der Waals surface area (Å²) in [6.45, 7) is 3.80. The van der Waals surface area contributed by atoms with Crippen LogP contribution in [0.25, 0.3) is 11.1 Å².